The van der Waals surface area contributed by atoms with Gasteiger partial charge >= 0.3 is 0 Å². The van der Waals surface area contributed by atoms with E-state index < -0.39 is 6.23 Å². The zero-order chi connectivity index (χ0) is 19.3. The van der Waals surface area contributed by atoms with Gasteiger partial charge in [0.25, 0.3) is 5.91 Å². The third kappa shape index (κ3) is 5.36. The molecule has 2 rings (SSSR count). The Kier molecular flexibility index (Phi) is 7.77. The highest BCUT2D eigenvalue weighted by Crippen LogP contribution is 2.24. The van der Waals surface area contributed by atoms with Crippen LogP contribution < -0.4 is 5.32 Å². The molecular weight excluding hydrogens is 375 g/mol. The molecule has 0 spiro atoms. The Labute approximate surface area is 164 Å². The first-order valence-electron chi connectivity index (χ1n) is 8.89. The van der Waals surface area contributed by atoms with Crippen LogP contribution in [0.25, 0.3) is 0 Å². The van der Waals surface area contributed by atoms with E-state index in [0.717, 1.165) is 24.8 Å². The summed E-state index contributed by atoms with van der Waals surface area (Å²) in [6, 6.07) is 5.48. The molecule has 1 aromatic rings. The molecule has 0 radical (unpaired) electrons. The van der Waals surface area contributed by atoms with Crippen LogP contribution in [0.1, 0.15) is 32.3 Å². The summed E-state index contributed by atoms with van der Waals surface area (Å²) in [5.74, 6) is -0.191. The fraction of sp³-hybridized carbons (Fsp3) is 0.526. The minimum Gasteiger partial charge on any atom is -0.508 e. The normalized spacial score (nSPS) is 19.0. The number of aliphatic hydroxyl groups excluding tert-OH is 2. The van der Waals surface area contributed by atoms with Crippen LogP contribution in [0.3, 0.4) is 0 Å². The minimum absolute atomic E-state index is 0.240. The van der Waals surface area contributed by atoms with Crippen molar-refractivity contribution in [3.8, 4) is 0 Å². The van der Waals surface area contributed by atoms with E-state index in [1.54, 1.807) is 11.0 Å². The highest BCUT2D eigenvalue weighted by atomic mass is 35.5. The number of benzene rings is 1. The lowest BCUT2D eigenvalue weighted by Crippen LogP contribution is -2.36. The molecule has 1 aromatic carbocycles. The van der Waals surface area contributed by atoms with Crippen LogP contribution in [-0.2, 0) is 11.2 Å². The lowest BCUT2D eigenvalue weighted by Gasteiger charge is -2.23. The molecule has 5 nitrogen and oxygen atoms in total. The van der Waals surface area contributed by atoms with Gasteiger partial charge in [0.15, 0.2) is 6.23 Å². The van der Waals surface area contributed by atoms with Crippen molar-refractivity contribution >= 4 is 29.1 Å². The van der Waals surface area contributed by atoms with Crippen LogP contribution in [-0.4, -0.2) is 46.9 Å². The minimum atomic E-state index is -1.10. The molecule has 0 saturated carbocycles. The van der Waals surface area contributed by atoms with Gasteiger partial charge in [0.05, 0.1) is 15.6 Å². The summed E-state index contributed by atoms with van der Waals surface area (Å²) >= 11 is 11.9. The molecule has 3 N–H and O–H groups in total. The highest BCUT2D eigenvalue weighted by Gasteiger charge is 2.34. The van der Waals surface area contributed by atoms with Crippen molar-refractivity contribution < 1.29 is 15.0 Å². The Bertz CT molecular complexity index is 679. The molecule has 0 saturated heterocycles. The maximum absolute atomic E-state index is 12.3. The highest BCUT2D eigenvalue weighted by molar-refractivity contribution is 6.42. The molecule has 2 atom stereocenters. The number of rotatable bonds is 8. The number of aryl methyl sites for hydroxylation is 1. The first-order valence-corrected chi connectivity index (χ1v) is 9.65. The molecule has 0 aromatic heterocycles. The van der Waals surface area contributed by atoms with Gasteiger partial charge < -0.3 is 15.5 Å². The van der Waals surface area contributed by atoms with E-state index in [0.29, 0.717) is 29.1 Å². The van der Waals surface area contributed by atoms with Crippen molar-refractivity contribution in [2.45, 2.75) is 39.3 Å². The van der Waals surface area contributed by atoms with E-state index in [1.165, 1.54) is 0 Å². The van der Waals surface area contributed by atoms with Crippen LogP contribution >= 0.6 is 23.2 Å². The van der Waals surface area contributed by atoms with E-state index >= 15 is 0 Å². The van der Waals surface area contributed by atoms with Gasteiger partial charge in [-0.3, -0.25) is 9.69 Å². The van der Waals surface area contributed by atoms with E-state index in [1.807, 2.05) is 12.1 Å². The van der Waals surface area contributed by atoms with Crippen molar-refractivity contribution in [1.29, 1.82) is 0 Å². The Morgan fingerprint density at radius 1 is 1.38 bits per heavy atom. The number of carbonyl (C=O) groups excluding carboxylic acids is 1. The number of carbonyl (C=O) groups is 1. The summed E-state index contributed by atoms with van der Waals surface area (Å²) in [5, 5.41) is 24.0. The van der Waals surface area contributed by atoms with Crippen LogP contribution in [0.2, 0.25) is 10.0 Å². The van der Waals surface area contributed by atoms with E-state index in [2.05, 4.69) is 19.2 Å². The topological polar surface area (TPSA) is 72.8 Å². The lowest BCUT2D eigenvalue weighted by molar-refractivity contribution is -0.117. The van der Waals surface area contributed by atoms with Crippen molar-refractivity contribution in [2.24, 2.45) is 5.92 Å². The fourth-order valence-corrected chi connectivity index (χ4v) is 3.20. The van der Waals surface area contributed by atoms with Gasteiger partial charge in [-0.05, 0) is 36.5 Å². The van der Waals surface area contributed by atoms with Gasteiger partial charge in [0.2, 0.25) is 0 Å². The largest absolute Gasteiger partial charge is 0.508 e. The summed E-state index contributed by atoms with van der Waals surface area (Å²) in [4.78, 5) is 14.0. The molecule has 1 aliphatic rings. The van der Waals surface area contributed by atoms with Gasteiger partial charge in [-0.25, -0.2) is 0 Å². The number of amides is 1. The average molecular weight is 401 g/mol. The molecule has 144 valence electrons. The third-order valence-corrected chi connectivity index (χ3v) is 5.43. The summed E-state index contributed by atoms with van der Waals surface area (Å²) in [6.07, 6.45) is 1.36. The fourth-order valence-electron chi connectivity index (χ4n) is 2.88. The quantitative estimate of drug-likeness (QED) is 0.583. The standard InChI is InChI=1S/C19H26Cl2N2O3/c1-3-12(2)10-23-11-14(17(24)19(23)26)18(25)22-8-4-5-13-6-7-15(20)16(21)9-13/h6-7,9,12,19,24,26H,3-5,8,10-11H2,1-2H3,(H,22,25). The molecule has 2 unspecified atom stereocenters. The summed E-state index contributed by atoms with van der Waals surface area (Å²) < 4.78 is 0. The molecule has 1 aliphatic heterocycles. The monoisotopic (exact) mass is 400 g/mol. The van der Waals surface area contributed by atoms with E-state index in [9.17, 15) is 15.0 Å². The van der Waals surface area contributed by atoms with E-state index in [4.69, 9.17) is 23.2 Å². The molecule has 1 amide bonds. The number of halogens is 2. The predicted octanol–water partition coefficient (Wildman–Crippen LogP) is 3.53. The Hall–Kier alpha value is -1.27. The number of aliphatic hydroxyl groups is 2. The van der Waals surface area contributed by atoms with Crippen molar-refractivity contribution in [3.63, 3.8) is 0 Å². The second-order valence-electron chi connectivity index (χ2n) is 6.79. The summed E-state index contributed by atoms with van der Waals surface area (Å²) in [6.45, 7) is 5.51. The van der Waals surface area contributed by atoms with Gasteiger partial charge in [0, 0.05) is 19.6 Å². The van der Waals surface area contributed by atoms with Gasteiger partial charge in [0.1, 0.15) is 5.76 Å². The maximum atomic E-state index is 12.3. The van der Waals surface area contributed by atoms with Crippen molar-refractivity contribution in [3.05, 3.63) is 45.1 Å². The van der Waals surface area contributed by atoms with Gasteiger partial charge in [-0.1, -0.05) is 49.5 Å². The third-order valence-electron chi connectivity index (χ3n) is 4.69. The van der Waals surface area contributed by atoms with Crippen molar-refractivity contribution in [1.82, 2.24) is 10.2 Å². The SMILES string of the molecule is CCC(C)CN1CC(C(=O)NCCCc2ccc(Cl)c(Cl)c2)=C(O)C1O. The second-order valence-corrected chi connectivity index (χ2v) is 7.60. The number of hydrogen-bond acceptors (Lipinski definition) is 4. The Morgan fingerprint density at radius 2 is 2.12 bits per heavy atom. The molecule has 1 heterocycles. The molecular formula is C19H26Cl2N2O3. The van der Waals surface area contributed by atoms with Crippen LogP contribution in [0.4, 0.5) is 0 Å². The lowest BCUT2D eigenvalue weighted by atomic mass is 10.1. The molecule has 7 heteroatoms. The molecule has 0 bridgehead atoms. The van der Waals surface area contributed by atoms with Crippen LogP contribution in [0.15, 0.2) is 29.5 Å². The van der Waals surface area contributed by atoms with Crippen LogP contribution in [0, 0.1) is 5.92 Å². The first-order chi connectivity index (χ1) is 12.3. The van der Waals surface area contributed by atoms with Crippen LogP contribution in [0.5, 0.6) is 0 Å². The maximum Gasteiger partial charge on any atom is 0.252 e. The molecule has 0 aliphatic carbocycles. The molecule has 0 fully saturated rings. The predicted molar refractivity (Wildman–Crippen MR) is 104 cm³/mol. The zero-order valence-corrected chi connectivity index (χ0v) is 16.6. The van der Waals surface area contributed by atoms with Gasteiger partial charge in [-0.2, -0.15) is 0 Å². The first kappa shape index (κ1) is 21.0. The summed E-state index contributed by atoms with van der Waals surface area (Å²) in [7, 11) is 0. The Balaban J connectivity index is 1.81. The molecule has 26 heavy (non-hydrogen) atoms. The zero-order valence-electron chi connectivity index (χ0n) is 15.1. The smallest absolute Gasteiger partial charge is 0.252 e. The number of hydrogen-bond donors (Lipinski definition) is 3. The van der Waals surface area contributed by atoms with Crippen molar-refractivity contribution in [2.75, 3.05) is 19.6 Å². The number of nitrogens with zero attached hydrogens (tertiary/aromatic N) is 1. The number of nitrogens with one attached hydrogen (secondary N) is 1. The summed E-state index contributed by atoms with van der Waals surface area (Å²) in [5.41, 5.74) is 1.29. The Morgan fingerprint density at radius 3 is 2.77 bits per heavy atom. The van der Waals surface area contributed by atoms with E-state index in [-0.39, 0.29) is 23.8 Å². The average Bonchev–Trinajstić information content (AvgIpc) is 2.89. The second kappa shape index (κ2) is 9.60. The van der Waals surface area contributed by atoms with Gasteiger partial charge in [-0.15, -0.1) is 0 Å².